The Hall–Kier alpha value is 0.130. The third kappa shape index (κ3) is 2.81. The third-order valence-corrected chi connectivity index (χ3v) is 3.26. The van der Waals surface area contributed by atoms with Gasteiger partial charge in [0, 0.05) is 0 Å². The Morgan fingerprint density at radius 2 is 1.57 bits per heavy atom. The van der Waals surface area contributed by atoms with Crippen LogP contribution < -0.4 is 29.6 Å². The van der Waals surface area contributed by atoms with Crippen LogP contribution in [0.15, 0.2) is 17.0 Å². The molecular formula is C9H11NaO3S. The minimum Gasteiger partial charge on any atom is -0.744 e. The molecule has 5 heteroatoms. The van der Waals surface area contributed by atoms with Crippen LogP contribution in [-0.2, 0) is 10.1 Å². The molecule has 0 spiro atoms. The Kier molecular flexibility index (Phi) is 4.81. The molecule has 0 atom stereocenters. The zero-order valence-electron chi connectivity index (χ0n) is 8.79. The van der Waals surface area contributed by atoms with Crippen LogP contribution in [-0.4, -0.2) is 13.0 Å². The molecule has 0 aromatic heterocycles. The van der Waals surface area contributed by atoms with E-state index in [2.05, 4.69) is 0 Å². The number of benzene rings is 1. The van der Waals surface area contributed by atoms with E-state index in [0.29, 0.717) is 5.56 Å². The van der Waals surface area contributed by atoms with Gasteiger partial charge >= 0.3 is 29.6 Å². The monoisotopic (exact) mass is 222 g/mol. The van der Waals surface area contributed by atoms with Gasteiger partial charge in [-0.1, -0.05) is 6.07 Å². The molecular weight excluding hydrogens is 211 g/mol. The van der Waals surface area contributed by atoms with Gasteiger partial charge < -0.3 is 4.55 Å². The van der Waals surface area contributed by atoms with Gasteiger partial charge in [-0.15, -0.1) is 0 Å². The van der Waals surface area contributed by atoms with Gasteiger partial charge in [-0.25, -0.2) is 8.42 Å². The minimum atomic E-state index is -4.32. The molecule has 0 heterocycles. The molecule has 0 radical (unpaired) electrons. The van der Waals surface area contributed by atoms with E-state index in [9.17, 15) is 13.0 Å². The topological polar surface area (TPSA) is 57.2 Å². The maximum Gasteiger partial charge on any atom is 1.00 e. The predicted molar refractivity (Wildman–Crippen MR) is 48.6 cm³/mol. The summed E-state index contributed by atoms with van der Waals surface area (Å²) in [7, 11) is -4.32. The first-order chi connectivity index (χ1) is 5.84. The molecule has 0 saturated heterocycles. The first-order valence-corrected chi connectivity index (χ1v) is 5.27. The Morgan fingerprint density at radius 1 is 1.07 bits per heavy atom. The molecule has 0 amide bonds. The largest absolute Gasteiger partial charge is 1.00 e. The molecule has 1 aromatic carbocycles. The summed E-state index contributed by atoms with van der Waals surface area (Å²) < 4.78 is 32.3. The maximum absolute atomic E-state index is 10.8. The molecule has 72 valence electrons. The van der Waals surface area contributed by atoms with Gasteiger partial charge in [0.25, 0.3) is 0 Å². The third-order valence-electron chi connectivity index (χ3n) is 2.28. The van der Waals surface area contributed by atoms with Crippen LogP contribution in [0.5, 0.6) is 0 Å². The van der Waals surface area contributed by atoms with Crippen LogP contribution in [0.1, 0.15) is 16.7 Å². The average molecular weight is 222 g/mol. The zero-order valence-corrected chi connectivity index (χ0v) is 11.6. The first-order valence-electron chi connectivity index (χ1n) is 3.86. The second kappa shape index (κ2) is 4.77. The Bertz CT molecular complexity index is 438. The van der Waals surface area contributed by atoms with E-state index >= 15 is 0 Å². The van der Waals surface area contributed by atoms with Gasteiger partial charge in [-0.05, 0) is 43.5 Å². The second-order valence-electron chi connectivity index (χ2n) is 3.08. The van der Waals surface area contributed by atoms with Crippen molar-refractivity contribution in [2.75, 3.05) is 0 Å². The zero-order chi connectivity index (χ0) is 10.2. The van der Waals surface area contributed by atoms with E-state index in [1.54, 1.807) is 19.9 Å². The molecule has 0 aliphatic carbocycles. The van der Waals surface area contributed by atoms with Crippen LogP contribution in [0.3, 0.4) is 0 Å². The molecule has 14 heavy (non-hydrogen) atoms. The van der Waals surface area contributed by atoms with Crippen molar-refractivity contribution in [2.45, 2.75) is 25.7 Å². The van der Waals surface area contributed by atoms with Crippen LogP contribution in [0.4, 0.5) is 0 Å². The van der Waals surface area contributed by atoms with Crippen molar-refractivity contribution < 1.29 is 42.5 Å². The van der Waals surface area contributed by atoms with Crippen LogP contribution in [0.2, 0.25) is 0 Å². The molecule has 0 aliphatic rings. The van der Waals surface area contributed by atoms with Gasteiger partial charge in [0.05, 0.1) is 4.90 Å². The van der Waals surface area contributed by atoms with Crippen LogP contribution >= 0.6 is 0 Å². The van der Waals surface area contributed by atoms with Crippen LogP contribution in [0, 0.1) is 20.8 Å². The Morgan fingerprint density at radius 3 is 2.00 bits per heavy atom. The molecule has 0 aliphatic heterocycles. The van der Waals surface area contributed by atoms with Gasteiger partial charge in [-0.3, -0.25) is 0 Å². The standard InChI is InChI=1S/C9H12O3S.Na/c1-6-4-5-9(13(10,11)12)8(3)7(6)2;/h4-5H,1-3H3,(H,10,11,12);/q;+1/p-1. The summed E-state index contributed by atoms with van der Waals surface area (Å²) in [4.78, 5) is -0.115. The summed E-state index contributed by atoms with van der Waals surface area (Å²) in [5, 5.41) is 0. The SMILES string of the molecule is Cc1ccc(S(=O)(=O)[O-])c(C)c1C.[Na+]. The van der Waals surface area contributed by atoms with Crippen molar-refractivity contribution in [3.05, 3.63) is 28.8 Å². The number of aryl methyl sites for hydroxylation is 1. The van der Waals surface area contributed by atoms with Gasteiger partial charge in [0.15, 0.2) is 0 Å². The molecule has 1 rings (SSSR count). The van der Waals surface area contributed by atoms with E-state index in [1.165, 1.54) is 6.07 Å². The predicted octanol–water partition coefficient (Wildman–Crippen LogP) is -1.48. The van der Waals surface area contributed by atoms with Gasteiger partial charge in [0.2, 0.25) is 0 Å². The van der Waals surface area contributed by atoms with Crippen molar-refractivity contribution in [1.82, 2.24) is 0 Å². The summed E-state index contributed by atoms with van der Waals surface area (Å²) >= 11 is 0. The van der Waals surface area contributed by atoms with E-state index in [0.717, 1.165) is 11.1 Å². The minimum absolute atomic E-state index is 0. The first kappa shape index (κ1) is 14.1. The van der Waals surface area contributed by atoms with E-state index < -0.39 is 10.1 Å². The van der Waals surface area contributed by atoms with Crippen molar-refractivity contribution in [2.24, 2.45) is 0 Å². The number of rotatable bonds is 1. The second-order valence-corrected chi connectivity index (χ2v) is 4.43. The van der Waals surface area contributed by atoms with Crippen molar-refractivity contribution in [3.8, 4) is 0 Å². The van der Waals surface area contributed by atoms with Crippen molar-refractivity contribution in [3.63, 3.8) is 0 Å². The molecule has 3 nitrogen and oxygen atoms in total. The fourth-order valence-electron chi connectivity index (χ4n) is 1.20. The Labute approximate surface area is 107 Å². The van der Waals surface area contributed by atoms with E-state index in [4.69, 9.17) is 0 Å². The molecule has 1 aromatic rings. The average Bonchev–Trinajstić information content (AvgIpc) is 1.98. The summed E-state index contributed by atoms with van der Waals surface area (Å²) in [6.07, 6.45) is 0. The van der Waals surface area contributed by atoms with Crippen LogP contribution in [0.25, 0.3) is 0 Å². The Balaban J connectivity index is 0.00000169. The molecule has 0 unspecified atom stereocenters. The fraction of sp³-hybridized carbons (Fsp3) is 0.333. The van der Waals surface area contributed by atoms with E-state index in [1.807, 2.05) is 6.92 Å². The van der Waals surface area contributed by atoms with Crippen molar-refractivity contribution in [1.29, 1.82) is 0 Å². The summed E-state index contributed by atoms with van der Waals surface area (Å²) in [6, 6.07) is 3.01. The van der Waals surface area contributed by atoms with Gasteiger partial charge in [-0.2, -0.15) is 0 Å². The molecule has 0 bridgehead atoms. The summed E-state index contributed by atoms with van der Waals surface area (Å²) in [5.74, 6) is 0. The van der Waals surface area contributed by atoms with Gasteiger partial charge in [0.1, 0.15) is 10.1 Å². The normalized spacial score (nSPS) is 10.9. The maximum atomic E-state index is 10.8. The molecule has 0 saturated carbocycles. The fourth-order valence-corrected chi connectivity index (χ4v) is 1.96. The smallest absolute Gasteiger partial charge is 0.744 e. The number of hydrogen-bond donors (Lipinski definition) is 0. The molecule has 0 N–H and O–H groups in total. The number of hydrogen-bond acceptors (Lipinski definition) is 3. The van der Waals surface area contributed by atoms with E-state index in [-0.39, 0.29) is 34.5 Å². The summed E-state index contributed by atoms with van der Waals surface area (Å²) in [5.41, 5.74) is 2.40. The molecule has 0 fully saturated rings. The van der Waals surface area contributed by atoms with Crippen molar-refractivity contribution >= 4 is 10.1 Å². The summed E-state index contributed by atoms with van der Waals surface area (Å²) in [6.45, 7) is 5.33. The quantitative estimate of drug-likeness (QED) is 0.430.